The van der Waals surface area contributed by atoms with Crippen molar-refractivity contribution in [3.05, 3.63) is 35.6 Å². The fourth-order valence-corrected chi connectivity index (χ4v) is 5.74. The van der Waals surface area contributed by atoms with Gasteiger partial charge in [-0.3, -0.25) is 19.2 Å². The Labute approximate surface area is 225 Å². The quantitative estimate of drug-likeness (QED) is 0.387. The van der Waals surface area contributed by atoms with Crippen molar-refractivity contribution >= 4 is 23.5 Å². The second-order valence-corrected chi connectivity index (χ2v) is 11.5. The summed E-state index contributed by atoms with van der Waals surface area (Å²) in [5, 5.41) is 15.8. The Hall–Kier alpha value is -2.95. The van der Waals surface area contributed by atoms with Crippen LogP contribution in [0.15, 0.2) is 24.3 Å². The Morgan fingerprint density at radius 2 is 1.85 bits per heavy atom. The van der Waals surface area contributed by atoms with Gasteiger partial charge in [-0.05, 0) is 68.6 Å². The maximum absolute atomic E-state index is 13.8. The molecule has 214 valence electrons. The van der Waals surface area contributed by atoms with E-state index in [4.69, 9.17) is 0 Å². The Bertz CT molecular complexity index is 1100. The first-order valence-corrected chi connectivity index (χ1v) is 13.6. The summed E-state index contributed by atoms with van der Waals surface area (Å²) in [6.45, 7) is 0.892. The van der Waals surface area contributed by atoms with Crippen LogP contribution >= 0.6 is 0 Å². The number of ketones is 1. The van der Waals surface area contributed by atoms with E-state index in [1.807, 2.05) is 0 Å². The third-order valence-electron chi connectivity index (χ3n) is 8.05. The largest absolute Gasteiger partial charge is 0.378 e. The fourth-order valence-electron chi connectivity index (χ4n) is 5.74. The molecule has 3 N–H and O–H groups in total. The van der Waals surface area contributed by atoms with Crippen molar-refractivity contribution in [2.45, 2.75) is 101 Å². The number of amides is 3. The first-order valence-electron chi connectivity index (χ1n) is 13.6. The molecule has 1 spiro atoms. The van der Waals surface area contributed by atoms with Crippen molar-refractivity contribution < 1.29 is 37.5 Å². The third-order valence-corrected chi connectivity index (χ3v) is 8.05. The van der Waals surface area contributed by atoms with Crippen LogP contribution in [-0.4, -0.2) is 64.1 Å². The number of hydrogen-bond donors (Lipinski definition) is 3. The van der Waals surface area contributed by atoms with Crippen LogP contribution in [-0.2, 0) is 19.2 Å². The zero-order chi connectivity index (χ0) is 28.4. The van der Waals surface area contributed by atoms with Crippen molar-refractivity contribution in [2.24, 2.45) is 5.41 Å². The molecule has 1 aromatic carbocycles. The molecule has 1 aromatic rings. The third kappa shape index (κ3) is 7.38. The van der Waals surface area contributed by atoms with E-state index in [1.165, 1.54) is 23.1 Å². The Balaban J connectivity index is 1.55. The van der Waals surface area contributed by atoms with Crippen LogP contribution in [0.2, 0.25) is 0 Å². The molecule has 0 aromatic heterocycles. The molecular weight excluding hydrogens is 515 g/mol. The van der Waals surface area contributed by atoms with Gasteiger partial charge in [0, 0.05) is 19.0 Å². The minimum Gasteiger partial charge on any atom is -0.378 e. The minimum atomic E-state index is -3.12. The van der Waals surface area contributed by atoms with Crippen LogP contribution in [0.4, 0.5) is 13.2 Å². The second-order valence-electron chi connectivity index (χ2n) is 11.5. The molecule has 2 aliphatic carbocycles. The molecule has 39 heavy (non-hydrogen) atoms. The number of aliphatic hydroxyl groups excluding tert-OH is 1. The fraction of sp³-hybridized carbons (Fsp3) is 0.643. The zero-order valence-corrected chi connectivity index (χ0v) is 22.1. The van der Waals surface area contributed by atoms with Crippen molar-refractivity contribution in [1.82, 2.24) is 15.5 Å². The Kier molecular flexibility index (Phi) is 8.68. The van der Waals surface area contributed by atoms with E-state index in [-0.39, 0.29) is 30.0 Å². The lowest BCUT2D eigenvalue weighted by Crippen LogP contribution is -2.54. The van der Waals surface area contributed by atoms with Gasteiger partial charge in [-0.25, -0.2) is 13.2 Å². The van der Waals surface area contributed by atoms with E-state index in [2.05, 4.69) is 10.6 Å². The van der Waals surface area contributed by atoms with Gasteiger partial charge >= 0.3 is 0 Å². The SMILES string of the molecule is CC(F)(F)CC[C@H](NC(=O)[C@@H]1CC2(CCCCC2)CN1C(=O)C(O)c1cccc(F)c1)C(=O)C(=O)NC1CC1. The van der Waals surface area contributed by atoms with Crippen molar-refractivity contribution in [3.63, 3.8) is 0 Å². The van der Waals surface area contributed by atoms with Gasteiger partial charge in [-0.2, -0.15) is 0 Å². The lowest BCUT2D eigenvalue weighted by atomic mass is 9.72. The number of rotatable bonds is 10. The van der Waals surface area contributed by atoms with E-state index in [0.29, 0.717) is 6.92 Å². The van der Waals surface area contributed by atoms with Crippen LogP contribution in [0, 0.1) is 11.2 Å². The van der Waals surface area contributed by atoms with Crippen LogP contribution in [0.5, 0.6) is 0 Å². The number of halogens is 3. The zero-order valence-electron chi connectivity index (χ0n) is 22.1. The van der Waals surface area contributed by atoms with E-state index < -0.39 is 66.3 Å². The summed E-state index contributed by atoms with van der Waals surface area (Å²) in [5.41, 5.74) is -0.324. The number of hydrogen-bond acceptors (Lipinski definition) is 5. The number of likely N-dealkylation sites (tertiary alicyclic amines) is 1. The summed E-state index contributed by atoms with van der Waals surface area (Å²) in [4.78, 5) is 53.6. The summed E-state index contributed by atoms with van der Waals surface area (Å²) in [5.74, 6) is -7.22. The van der Waals surface area contributed by atoms with Crippen LogP contribution < -0.4 is 10.6 Å². The first-order chi connectivity index (χ1) is 18.4. The standard InChI is InChI=1S/C28H36F3N3O5/c1-27(30,31)13-10-20(23(36)25(38)32-19-8-9-19)33-24(37)21-15-28(11-3-2-4-12-28)16-34(21)26(39)22(35)17-6-5-7-18(29)14-17/h5-7,14,19-22,35H,2-4,8-13,15-16H2,1H3,(H,32,38)(H,33,37)/t20-,21-,22?/m0/s1. The number of nitrogens with zero attached hydrogens (tertiary/aromatic N) is 1. The number of alkyl halides is 2. The molecule has 11 heteroatoms. The summed E-state index contributed by atoms with van der Waals surface area (Å²) in [6.07, 6.45) is 3.21. The monoisotopic (exact) mass is 551 g/mol. The molecule has 0 radical (unpaired) electrons. The molecule has 0 bridgehead atoms. The molecule has 3 aliphatic rings. The number of aliphatic hydroxyl groups is 1. The van der Waals surface area contributed by atoms with Gasteiger partial charge in [-0.15, -0.1) is 0 Å². The van der Waals surface area contributed by atoms with E-state index in [1.54, 1.807) is 0 Å². The minimum absolute atomic E-state index is 0.0405. The van der Waals surface area contributed by atoms with Gasteiger partial charge in [0.25, 0.3) is 11.8 Å². The molecule has 1 heterocycles. The molecule has 1 unspecified atom stereocenters. The van der Waals surface area contributed by atoms with Crippen LogP contribution in [0.25, 0.3) is 0 Å². The highest BCUT2D eigenvalue weighted by Crippen LogP contribution is 2.47. The summed E-state index contributed by atoms with van der Waals surface area (Å²) < 4.78 is 41.1. The number of nitrogens with one attached hydrogen (secondary N) is 2. The average Bonchev–Trinajstić information content (AvgIpc) is 3.63. The molecule has 8 nitrogen and oxygen atoms in total. The van der Waals surface area contributed by atoms with Gasteiger partial charge in [0.2, 0.25) is 17.6 Å². The predicted molar refractivity (Wildman–Crippen MR) is 135 cm³/mol. The topological polar surface area (TPSA) is 116 Å². The summed E-state index contributed by atoms with van der Waals surface area (Å²) in [6, 6.07) is 2.29. The van der Waals surface area contributed by atoms with Crippen molar-refractivity contribution in [2.75, 3.05) is 6.54 Å². The molecule has 1 aliphatic heterocycles. The maximum Gasteiger partial charge on any atom is 0.289 e. The highest BCUT2D eigenvalue weighted by Gasteiger charge is 2.50. The van der Waals surface area contributed by atoms with Gasteiger partial charge in [0.05, 0.1) is 6.04 Å². The highest BCUT2D eigenvalue weighted by atomic mass is 19.3. The maximum atomic E-state index is 13.8. The Morgan fingerprint density at radius 1 is 1.15 bits per heavy atom. The van der Waals surface area contributed by atoms with Gasteiger partial charge < -0.3 is 20.6 Å². The molecule has 3 amide bonds. The molecule has 3 fully saturated rings. The van der Waals surface area contributed by atoms with Gasteiger partial charge in [-0.1, -0.05) is 31.4 Å². The molecule has 4 rings (SSSR count). The lowest BCUT2D eigenvalue weighted by Gasteiger charge is -2.33. The summed E-state index contributed by atoms with van der Waals surface area (Å²) in [7, 11) is 0. The molecule has 1 saturated heterocycles. The van der Waals surface area contributed by atoms with Crippen LogP contribution in [0.1, 0.15) is 82.8 Å². The smallest absolute Gasteiger partial charge is 0.289 e. The van der Waals surface area contributed by atoms with E-state index in [0.717, 1.165) is 51.0 Å². The average molecular weight is 552 g/mol. The molecular formula is C28H36F3N3O5. The number of carbonyl (C=O) groups is 4. The van der Waals surface area contributed by atoms with Crippen LogP contribution in [0.3, 0.4) is 0 Å². The first kappa shape index (κ1) is 29.0. The lowest BCUT2D eigenvalue weighted by molar-refractivity contribution is -0.146. The van der Waals surface area contributed by atoms with Gasteiger partial charge in [0.1, 0.15) is 11.9 Å². The number of carbonyl (C=O) groups excluding carboxylic acids is 4. The molecule has 3 atom stereocenters. The highest BCUT2D eigenvalue weighted by molar-refractivity contribution is 6.38. The second kappa shape index (κ2) is 11.7. The number of benzene rings is 1. The number of Topliss-reactive ketones (excluding diaryl/α,β-unsaturated/α-hetero) is 1. The van der Waals surface area contributed by atoms with Crippen molar-refractivity contribution in [1.29, 1.82) is 0 Å². The summed E-state index contributed by atoms with van der Waals surface area (Å²) >= 11 is 0. The van der Waals surface area contributed by atoms with E-state index >= 15 is 0 Å². The van der Waals surface area contributed by atoms with Crippen molar-refractivity contribution in [3.8, 4) is 0 Å². The normalized spacial score (nSPS) is 22.3. The van der Waals surface area contributed by atoms with E-state index in [9.17, 15) is 37.5 Å². The predicted octanol–water partition coefficient (Wildman–Crippen LogP) is 3.18. The Morgan fingerprint density at radius 3 is 2.46 bits per heavy atom. The van der Waals surface area contributed by atoms with Gasteiger partial charge in [0.15, 0.2) is 6.10 Å². The molecule has 2 saturated carbocycles.